The molecule has 0 unspecified atom stereocenters. The molecule has 1 heterocycles. The molecule has 0 aromatic carbocycles. The molecule has 0 aliphatic heterocycles. The van der Waals surface area contributed by atoms with E-state index < -0.39 is 5.97 Å². The molecule has 3 nitrogen and oxygen atoms in total. The number of carboxylic acid groups (broad SMARTS) is 1. The molecule has 0 fully saturated rings. The van der Waals surface area contributed by atoms with Crippen molar-refractivity contribution in [2.75, 3.05) is 0 Å². The summed E-state index contributed by atoms with van der Waals surface area (Å²) < 4.78 is 3.53. The van der Waals surface area contributed by atoms with Gasteiger partial charge in [0.05, 0.1) is 0 Å². The second kappa shape index (κ2) is 4.64. The van der Waals surface area contributed by atoms with Gasteiger partial charge in [0.1, 0.15) is 5.02 Å². The number of carbonyl (C=O) groups is 1. The van der Waals surface area contributed by atoms with Crippen LogP contribution >= 0.6 is 34.7 Å². The Kier molecular flexibility index (Phi) is 4.93. The van der Waals surface area contributed by atoms with E-state index in [-0.39, 0.29) is 44.6 Å². The summed E-state index contributed by atoms with van der Waals surface area (Å²) >= 11 is 11.6. The minimum atomic E-state index is -1.10. The van der Waals surface area contributed by atoms with E-state index in [9.17, 15) is 4.79 Å². The Hall–Kier alpha value is 0.680. The standard InChI is InChI=1S/C4HCl2NO2S.Na.H/c5-1-2(4(8)9)10-7-3(1)6;;/h(H,8,9);;. The summed E-state index contributed by atoms with van der Waals surface area (Å²) in [6.07, 6.45) is 0. The minimum absolute atomic E-state index is 0. The Morgan fingerprint density at radius 2 is 2.09 bits per heavy atom. The third kappa shape index (κ3) is 2.57. The molecule has 56 valence electrons. The Balaban J connectivity index is 0.000001000. The predicted molar refractivity (Wildman–Crippen MR) is 46.2 cm³/mol. The average molecular weight is 222 g/mol. The predicted octanol–water partition coefficient (Wildman–Crippen LogP) is 1.50. The zero-order chi connectivity index (χ0) is 7.72. The number of rotatable bonds is 1. The Morgan fingerprint density at radius 3 is 2.27 bits per heavy atom. The molecular formula is C4H2Cl2NNaO2S. The fourth-order valence-electron chi connectivity index (χ4n) is 0.392. The Labute approximate surface area is 98.8 Å². The number of halogens is 2. The van der Waals surface area contributed by atoms with Crippen molar-refractivity contribution in [2.24, 2.45) is 0 Å². The van der Waals surface area contributed by atoms with Gasteiger partial charge in [0, 0.05) is 0 Å². The number of hydrogen-bond acceptors (Lipinski definition) is 3. The number of hydrogen-bond donors (Lipinski definition) is 1. The van der Waals surface area contributed by atoms with Crippen LogP contribution in [-0.2, 0) is 0 Å². The molecular weight excluding hydrogens is 220 g/mol. The maximum absolute atomic E-state index is 10.3. The van der Waals surface area contributed by atoms with Crippen LogP contribution in [-0.4, -0.2) is 45.0 Å². The topological polar surface area (TPSA) is 50.2 Å². The third-order valence-corrected chi connectivity index (χ3v) is 2.58. The number of aromatic nitrogens is 1. The van der Waals surface area contributed by atoms with Crippen molar-refractivity contribution in [3.8, 4) is 0 Å². The van der Waals surface area contributed by atoms with Gasteiger partial charge in [0.25, 0.3) is 0 Å². The molecule has 1 aromatic rings. The fourth-order valence-corrected chi connectivity index (χ4v) is 1.44. The van der Waals surface area contributed by atoms with Crippen LogP contribution in [0.1, 0.15) is 9.67 Å². The molecule has 1 N–H and O–H groups in total. The monoisotopic (exact) mass is 221 g/mol. The molecule has 0 saturated heterocycles. The number of aromatic carboxylic acids is 1. The molecule has 1 aromatic heterocycles. The first-order chi connectivity index (χ1) is 4.63. The van der Waals surface area contributed by atoms with Crippen molar-refractivity contribution < 1.29 is 9.90 Å². The fraction of sp³-hybridized carbons (Fsp3) is 0. The van der Waals surface area contributed by atoms with Gasteiger partial charge in [-0.15, -0.1) is 0 Å². The van der Waals surface area contributed by atoms with Crippen LogP contribution in [0.3, 0.4) is 0 Å². The zero-order valence-corrected chi connectivity index (χ0v) is 6.80. The molecule has 0 radical (unpaired) electrons. The van der Waals surface area contributed by atoms with Crippen LogP contribution in [0, 0.1) is 0 Å². The van der Waals surface area contributed by atoms with Gasteiger partial charge in [-0.3, -0.25) is 0 Å². The van der Waals surface area contributed by atoms with Crippen LogP contribution in [0.5, 0.6) is 0 Å². The Bertz CT molecular complexity index is 277. The first kappa shape index (κ1) is 11.7. The van der Waals surface area contributed by atoms with Crippen LogP contribution in [0.25, 0.3) is 0 Å². The van der Waals surface area contributed by atoms with E-state index in [4.69, 9.17) is 28.3 Å². The van der Waals surface area contributed by atoms with Gasteiger partial charge >= 0.3 is 35.5 Å². The van der Waals surface area contributed by atoms with Gasteiger partial charge in [-0.05, 0) is 11.5 Å². The van der Waals surface area contributed by atoms with E-state index in [1.54, 1.807) is 0 Å². The van der Waals surface area contributed by atoms with Crippen LogP contribution in [0.15, 0.2) is 0 Å². The molecule has 0 aliphatic rings. The summed E-state index contributed by atoms with van der Waals surface area (Å²) in [6.45, 7) is 0. The van der Waals surface area contributed by atoms with Gasteiger partial charge in [-0.25, -0.2) is 4.79 Å². The van der Waals surface area contributed by atoms with Crippen molar-refractivity contribution >= 4 is 70.3 Å². The molecule has 7 heteroatoms. The normalized spacial score (nSPS) is 8.91. The number of carboxylic acids is 1. The van der Waals surface area contributed by atoms with Gasteiger partial charge in [0.2, 0.25) is 0 Å². The SMILES string of the molecule is O=C(O)c1snc(Cl)c1Cl.[NaH]. The first-order valence-electron chi connectivity index (χ1n) is 2.17. The van der Waals surface area contributed by atoms with Crippen LogP contribution < -0.4 is 0 Å². The van der Waals surface area contributed by atoms with Crippen LogP contribution in [0.4, 0.5) is 0 Å². The van der Waals surface area contributed by atoms with E-state index in [1.807, 2.05) is 0 Å². The van der Waals surface area contributed by atoms with Gasteiger partial charge in [-0.1, -0.05) is 23.2 Å². The van der Waals surface area contributed by atoms with E-state index >= 15 is 0 Å². The maximum atomic E-state index is 10.3. The second-order valence-corrected chi connectivity index (χ2v) is 2.93. The van der Waals surface area contributed by atoms with E-state index in [0.29, 0.717) is 0 Å². The molecule has 0 bridgehead atoms. The van der Waals surface area contributed by atoms with Gasteiger partial charge < -0.3 is 5.11 Å². The third-order valence-electron chi connectivity index (χ3n) is 0.792. The van der Waals surface area contributed by atoms with Gasteiger partial charge in [-0.2, -0.15) is 4.37 Å². The van der Waals surface area contributed by atoms with E-state index in [2.05, 4.69) is 4.37 Å². The van der Waals surface area contributed by atoms with E-state index in [1.165, 1.54) is 0 Å². The quantitative estimate of drug-likeness (QED) is 0.732. The second-order valence-electron chi connectivity index (χ2n) is 1.42. The summed E-state index contributed by atoms with van der Waals surface area (Å²) in [5.41, 5.74) is 0. The summed E-state index contributed by atoms with van der Waals surface area (Å²) in [5, 5.41) is 8.46. The molecule has 1 rings (SSSR count). The van der Waals surface area contributed by atoms with E-state index in [0.717, 1.165) is 11.5 Å². The van der Waals surface area contributed by atoms with Gasteiger partial charge in [0.15, 0.2) is 10.0 Å². The summed E-state index contributed by atoms with van der Waals surface area (Å²) in [7, 11) is 0. The van der Waals surface area contributed by atoms with Crippen molar-refractivity contribution in [2.45, 2.75) is 0 Å². The summed E-state index contributed by atoms with van der Waals surface area (Å²) in [5.74, 6) is -1.10. The van der Waals surface area contributed by atoms with Crippen molar-refractivity contribution in [3.05, 3.63) is 15.1 Å². The van der Waals surface area contributed by atoms with Crippen molar-refractivity contribution in [1.29, 1.82) is 0 Å². The average Bonchev–Trinajstić information content (AvgIpc) is 2.14. The van der Waals surface area contributed by atoms with Crippen LogP contribution in [0.2, 0.25) is 10.2 Å². The first-order valence-corrected chi connectivity index (χ1v) is 3.70. The molecule has 0 amide bonds. The van der Waals surface area contributed by atoms with Crippen molar-refractivity contribution in [3.63, 3.8) is 0 Å². The summed E-state index contributed by atoms with van der Waals surface area (Å²) in [6, 6.07) is 0. The molecule has 0 aliphatic carbocycles. The number of nitrogens with zero attached hydrogens (tertiary/aromatic N) is 1. The molecule has 0 spiro atoms. The molecule has 0 saturated carbocycles. The molecule has 0 atom stereocenters. The summed E-state index contributed by atoms with van der Waals surface area (Å²) in [4.78, 5) is 10.2. The van der Waals surface area contributed by atoms with Crippen molar-refractivity contribution in [1.82, 2.24) is 4.37 Å². The Morgan fingerprint density at radius 1 is 1.55 bits per heavy atom. The zero-order valence-electron chi connectivity index (χ0n) is 4.47. The molecule has 11 heavy (non-hydrogen) atoms.